The Bertz CT molecular complexity index is 824. The average Bonchev–Trinajstić information content (AvgIpc) is 2.79. The van der Waals surface area contributed by atoms with Crippen molar-refractivity contribution in [1.82, 2.24) is 0 Å². The second-order valence-electron chi connectivity index (χ2n) is 7.96. The molecule has 3 rings (SSSR count). The highest BCUT2D eigenvalue weighted by molar-refractivity contribution is 5.55. The van der Waals surface area contributed by atoms with Crippen molar-refractivity contribution in [3.63, 3.8) is 0 Å². The molecule has 2 heterocycles. The molecule has 0 saturated carbocycles. The molecule has 0 radical (unpaired) electrons. The fraction of sp³-hybridized carbons (Fsp3) is 0.684. The van der Waals surface area contributed by atoms with E-state index in [9.17, 15) is 45.9 Å². The van der Waals surface area contributed by atoms with E-state index < -0.39 is 79.5 Å². The molecule has 2 aliphatic rings. The number of benzene rings is 1. The van der Waals surface area contributed by atoms with Crippen molar-refractivity contribution in [2.45, 2.75) is 68.3 Å². The van der Waals surface area contributed by atoms with Gasteiger partial charge in [-0.05, 0) is 13.0 Å². The highest BCUT2D eigenvalue weighted by Gasteiger charge is 2.50. The third-order valence-corrected chi connectivity index (χ3v) is 5.72. The van der Waals surface area contributed by atoms with Crippen LogP contribution in [-0.4, -0.2) is 115 Å². The number of nitro groups is 1. The lowest BCUT2D eigenvalue weighted by atomic mass is 9.96. The molecule has 0 spiro atoms. The van der Waals surface area contributed by atoms with Crippen molar-refractivity contribution in [3.05, 3.63) is 33.9 Å². The Morgan fingerprint density at radius 3 is 2.24 bits per heavy atom. The highest BCUT2D eigenvalue weighted by Crippen LogP contribution is 2.30. The maximum atomic E-state index is 11.2. The number of aliphatic hydroxyl groups is 7. The number of nitro benzene ring substituents is 1. The van der Waals surface area contributed by atoms with Gasteiger partial charge in [0.15, 0.2) is 12.5 Å². The fourth-order valence-corrected chi connectivity index (χ4v) is 3.77. The average molecular weight is 476 g/mol. The molecule has 1 aromatic carbocycles. The quantitative estimate of drug-likeness (QED) is 0.145. The number of ether oxygens (including phenoxy) is 3. The van der Waals surface area contributed by atoms with Gasteiger partial charge in [0.2, 0.25) is 0 Å². The molecule has 1 aromatic rings. The second-order valence-corrected chi connectivity index (χ2v) is 7.96. The summed E-state index contributed by atoms with van der Waals surface area (Å²) in [6.45, 7) is 0.160. The van der Waals surface area contributed by atoms with E-state index in [-0.39, 0.29) is 11.4 Å². The third kappa shape index (κ3) is 5.25. The normalized spacial score (nSPS) is 39.3. The lowest BCUT2D eigenvalue weighted by Crippen LogP contribution is -2.65. The number of hydrogen-bond acceptors (Lipinski definition) is 13. The Morgan fingerprint density at radius 1 is 0.970 bits per heavy atom. The van der Waals surface area contributed by atoms with Crippen molar-refractivity contribution in [2.75, 3.05) is 18.5 Å². The minimum absolute atomic E-state index is 0.173. The zero-order valence-electron chi connectivity index (χ0n) is 17.5. The number of anilines is 1. The Balaban J connectivity index is 1.74. The summed E-state index contributed by atoms with van der Waals surface area (Å²) in [7, 11) is 0. The maximum absolute atomic E-state index is 11.2. The monoisotopic (exact) mass is 476 g/mol. The topological polar surface area (TPSA) is 224 Å². The molecule has 8 N–H and O–H groups in total. The number of nitrogens with one attached hydrogen (secondary N) is 1. The number of aryl methyl sites for hydroxylation is 1. The SMILES string of the molecule is Cc1ccc(N[C@@H]2O[C@@H](CO)[C@@H](O[C@H]3O[C@@H](CO)[C@@H](O)[C@@H](O)[C@H]3O)[C@@H](O)[C@@H]2O)cc1[N+](=O)[O-]. The summed E-state index contributed by atoms with van der Waals surface area (Å²) in [4.78, 5) is 10.6. The van der Waals surface area contributed by atoms with Crippen molar-refractivity contribution >= 4 is 11.4 Å². The molecule has 0 aromatic heterocycles. The van der Waals surface area contributed by atoms with Crippen LogP contribution >= 0.6 is 0 Å². The van der Waals surface area contributed by atoms with Crippen LogP contribution in [0.15, 0.2) is 18.2 Å². The van der Waals surface area contributed by atoms with Crippen LogP contribution in [0.25, 0.3) is 0 Å². The zero-order valence-corrected chi connectivity index (χ0v) is 17.5. The van der Waals surface area contributed by atoms with Crippen molar-refractivity contribution < 1.29 is 54.9 Å². The largest absolute Gasteiger partial charge is 0.394 e. The van der Waals surface area contributed by atoms with Crippen LogP contribution in [0.3, 0.4) is 0 Å². The molecule has 186 valence electrons. The van der Waals surface area contributed by atoms with E-state index in [0.717, 1.165) is 0 Å². The second kappa shape index (κ2) is 10.5. The minimum atomic E-state index is -1.77. The first-order valence-corrected chi connectivity index (χ1v) is 10.2. The van der Waals surface area contributed by atoms with Gasteiger partial charge in [-0.1, -0.05) is 6.07 Å². The molecular weight excluding hydrogens is 448 g/mol. The molecule has 0 bridgehead atoms. The highest BCUT2D eigenvalue weighted by atomic mass is 16.7. The summed E-state index contributed by atoms with van der Waals surface area (Å²) in [5.74, 6) is 0. The van der Waals surface area contributed by atoms with Crippen molar-refractivity contribution in [3.8, 4) is 0 Å². The van der Waals surface area contributed by atoms with E-state index in [1.54, 1.807) is 6.92 Å². The Hall–Kier alpha value is -1.98. The van der Waals surface area contributed by atoms with E-state index in [2.05, 4.69) is 5.32 Å². The van der Waals surface area contributed by atoms with Gasteiger partial charge in [0.05, 0.1) is 18.1 Å². The van der Waals surface area contributed by atoms with Gasteiger partial charge in [0, 0.05) is 17.3 Å². The predicted molar refractivity (Wildman–Crippen MR) is 108 cm³/mol. The molecule has 2 fully saturated rings. The molecule has 0 unspecified atom stereocenters. The number of aliphatic hydroxyl groups excluding tert-OH is 7. The van der Waals surface area contributed by atoms with Crippen LogP contribution in [0.4, 0.5) is 11.4 Å². The van der Waals surface area contributed by atoms with Gasteiger partial charge < -0.3 is 55.3 Å². The van der Waals surface area contributed by atoms with E-state index in [1.807, 2.05) is 0 Å². The summed E-state index contributed by atoms with van der Waals surface area (Å²) in [6.07, 6.45) is -15.4. The number of nitrogens with zero attached hydrogens (tertiary/aromatic N) is 1. The molecule has 14 nitrogen and oxygen atoms in total. The fourth-order valence-electron chi connectivity index (χ4n) is 3.77. The smallest absolute Gasteiger partial charge is 0.274 e. The molecule has 0 amide bonds. The first-order valence-electron chi connectivity index (χ1n) is 10.2. The molecule has 14 heteroatoms. The predicted octanol–water partition coefficient (Wildman–Crippen LogP) is -3.06. The standard InChI is InChI=1S/C19H28N2O12/c1-7-2-3-8(4-9(7)21(29)30)20-18-15(27)14(26)17(11(6-23)31-18)33-19-16(28)13(25)12(24)10(5-22)32-19/h2-4,10-20,22-28H,5-6H2,1H3/t10-,11-,12+,13+,14-,15-,16+,17+,18+,19+/m0/s1. The molecular formula is C19H28N2O12. The van der Waals surface area contributed by atoms with Gasteiger partial charge in [-0.25, -0.2) is 0 Å². The summed E-state index contributed by atoms with van der Waals surface area (Å²) < 4.78 is 16.3. The molecule has 2 aliphatic heterocycles. The Morgan fingerprint density at radius 2 is 1.64 bits per heavy atom. The minimum Gasteiger partial charge on any atom is -0.394 e. The number of rotatable bonds is 7. The Kier molecular flexibility index (Phi) is 8.17. The van der Waals surface area contributed by atoms with Crippen molar-refractivity contribution in [2.24, 2.45) is 0 Å². The zero-order chi connectivity index (χ0) is 24.4. The van der Waals surface area contributed by atoms with Crippen LogP contribution in [0.2, 0.25) is 0 Å². The van der Waals surface area contributed by atoms with Crippen LogP contribution in [-0.2, 0) is 14.2 Å². The van der Waals surface area contributed by atoms with Crippen LogP contribution in [0.5, 0.6) is 0 Å². The van der Waals surface area contributed by atoms with Gasteiger partial charge in [-0.2, -0.15) is 0 Å². The summed E-state index contributed by atoms with van der Waals surface area (Å²) >= 11 is 0. The van der Waals surface area contributed by atoms with Crippen LogP contribution < -0.4 is 5.32 Å². The first-order chi connectivity index (χ1) is 15.6. The van der Waals surface area contributed by atoms with Crippen LogP contribution in [0, 0.1) is 17.0 Å². The van der Waals surface area contributed by atoms with Crippen molar-refractivity contribution in [1.29, 1.82) is 0 Å². The lowest BCUT2D eigenvalue weighted by molar-refractivity contribution is -0.385. The van der Waals surface area contributed by atoms with E-state index in [4.69, 9.17) is 14.2 Å². The molecule has 33 heavy (non-hydrogen) atoms. The molecule has 10 atom stereocenters. The summed E-state index contributed by atoms with van der Waals surface area (Å²) in [5, 5.41) is 84.0. The van der Waals surface area contributed by atoms with Gasteiger partial charge in [-0.3, -0.25) is 10.1 Å². The van der Waals surface area contributed by atoms with Gasteiger partial charge in [0.25, 0.3) is 5.69 Å². The van der Waals surface area contributed by atoms with Gasteiger partial charge in [0.1, 0.15) is 48.8 Å². The molecule has 2 saturated heterocycles. The Labute approximate surface area is 187 Å². The van der Waals surface area contributed by atoms with E-state index in [1.165, 1.54) is 18.2 Å². The third-order valence-electron chi connectivity index (χ3n) is 5.72. The van der Waals surface area contributed by atoms with Gasteiger partial charge >= 0.3 is 0 Å². The van der Waals surface area contributed by atoms with E-state index in [0.29, 0.717) is 5.56 Å². The summed E-state index contributed by atoms with van der Waals surface area (Å²) in [6, 6.07) is 4.22. The number of hydrogen-bond donors (Lipinski definition) is 8. The van der Waals surface area contributed by atoms with E-state index >= 15 is 0 Å². The first kappa shape index (κ1) is 25.6. The maximum Gasteiger partial charge on any atom is 0.274 e. The summed E-state index contributed by atoms with van der Waals surface area (Å²) in [5.41, 5.74) is 0.457. The molecule has 0 aliphatic carbocycles. The van der Waals surface area contributed by atoms with Gasteiger partial charge in [-0.15, -0.1) is 0 Å². The van der Waals surface area contributed by atoms with Crippen LogP contribution in [0.1, 0.15) is 5.56 Å². The lowest BCUT2D eigenvalue weighted by Gasteiger charge is -2.46.